The minimum atomic E-state index is -3.57. The van der Waals surface area contributed by atoms with Gasteiger partial charge >= 0.3 is 0 Å². The monoisotopic (exact) mass is 320 g/mol. The van der Waals surface area contributed by atoms with Gasteiger partial charge in [-0.25, -0.2) is 8.42 Å². The van der Waals surface area contributed by atoms with Crippen molar-refractivity contribution in [2.24, 2.45) is 13.0 Å². The summed E-state index contributed by atoms with van der Waals surface area (Å²) >= 11 is 0. The fraction of sp³-hybridized carbons (Fsp3) is 0.467. The molecular formula is C15H20N4O2S. The molecule has 2 heterocycles. The highest BCUT2D eigenvalue weighted by Gasteiger charge is 2.36. The Kier molecular flexibility index (Phi) is 4.01. The maximum Gasteiger partial charge on any atom is 0.278 e. The van der Waals surface area contributed by atoms with Gasteiger partial charge in [0.1, 0.15) is 6.33 Å². The van der Waals surface area contributed by atoms with Crippen LogP contribution >= 0.6 is 0 Å². The number of hydrogen-bond donors (Lipinski definition) is 0. The van der Waals surface area contributed by atoms with Crippen molar-refractivity contribution in [3.8, 4) is 0 Å². The summed E-state index contributed by atoms with van der Waals surface area (Å²) in [6.07, 6.45) is 2.23. The third kappa shape index (κ3) is 2.66. The summed E-state index contributed by atoms with van der Waals surface area (Å²) in [6.45, 7) is 3.13. The molecular weight excluding hydrogens is 300 g/mol. The van der Waals surface area contributed by atoms with Crippen LogP contribution in [0.5, 0.6) is 0 Å². The summed E-state index contributed by atoms with van der Waals surface area (Å²) in [4.78, 5) is 0. The highest BCUT2D eigenvalue weighted by molar-refractivity contribution is 7.89. The first-order valence-electron chi connectivity index (χ1n) is 7.39. The lowest BCUT2D eigenvalue weighted by Gasteiger charge is -2.36. The average molecular weight is 320 g/mol. The molecule has 1 aliphatic heterocycles. The van der Waals surface area contributed by atoms with E-state index in [4.69, 9.17) is 0 Å². The van der Waals surface area contributed by atoms with Crippen molar-refractivity contribution in [1.82, 2.24) is 19.1 Å². The van der Waals surface area contributed by atoms with Crippen LogP contribution in [0.15, 0.2) is 41.8 Å². The molecule has 7 heteroatoms. The van der Waals surface area contributed by atoms with Crippen LogP contribution in [0, 0.1) is 5.92 Å². The van der Waals surface area contributed by atoms with Gasteiger partial charge in [0.2, 0.25) is 0 Å². The summed E-state index contributed by atoms with van der Waals surface area (Å²) in [7, 11) is -1.92. The largest absolute Gasteiger partial charge is 0.306 e. The van der Waals surface area contributed by atoms with E-state index >= 15 is 0 Å². The summed E-state index contributed by atoms with van der Waals surface area (Å²) in [5.41, 5.74) is 1.28. The summed E-state index contributed by atoms with van der Waals surface area (Å²) < 4.78 is 28.3. The molecule has 118 valence electrons. The predicted molar refractivity (Wildman–Crippen MR) is 82.7 cm³/mol. The Morgan fingerprint density at radius 2 is 1.95 bits per heavy atom. The van der Waals surface area contributed by atoms with Crippen molar-refractivity contribution in [3.63, 3.8) is 0 Å². The minimum Gasteiger partial charge on any atom is -0.306 e. The molecule has 3 rings (SSSR count). The van der Waals surface area contributed by atoms with Gasteiger partial charge in [-0.3, -0.25) is 0 Å². The topological polar surface area (TPSA) is 68.1 Å². The molecule has 1 aromatic carbocycles. The molecule has 2 atom stereocenters. The first kappa shape index (κ1) is 15.2. The van der Waals surface area contributed by atoms with Gasteiger partial charge in [-0.15, -0.1) is 10.2 Å². The number of benzene rings is 1. The minimum absolute atomic E-state index is 0.0119. The summed E-state index contributed by atoms with van der Waals surface area (Å²) in [6, 6.07) is 10.3. The van der Waals surface area contributed by atoms with Crippen LogP contribution in [-0.4, -0.2) is 40.6 Å². The molecule has 0 spiro atoms. The van der Waals surface area contributed by atoms with Crippen molar-refractivity contribution in [2.75, 3.05) is 13.1 Å². The lowest BCUT2D eigenvalue weighted by molar-refractivity contribution is 0.247. The van der Waals surface area contributed by atoms with Gasteiger partial charge in [-0.2, -0.15) is 4.31 Å². The highest BCUT2D eigenvalue weighted by Crippen LogP contribution is 2.34. The first-order chi connectivity index (χ1) is 10.5. The Morgan fingerprint density at radius 3 is 2.55 bits per heavy atom. The van der Waals surface area contributed by atoms with E-state index in [9.17, 15) is 8.42 Å². The molecule has 0 saturated carbocycles. The highest BCUT2D eigenvalue weighted by atomic mass is 32.2. The Hall–Kier alpha value is -1.73. The molecule has 1 aromatic heterocycles. The molecule has 2 aromatic rings. The molecule has 6 nitrogen and oxygen atoms in total. The summed E-state index contributed by atoms with van der Waals surface area (Å²) in [5, 5.41) is 7.43. The Bertz CT molecular complexity index is 742. The van der Waals surface area contributed by atoms with Crippen LogP contribution in [0.4, 0.5) is 0 Å². The van der Waals surface area contributed by atoms with Gasteiger partial charge in [-0.05, 0) is 23.8 Å². The second-order valence-electron chi connectivity index (χ2n) is 5.87. The van der Waals surface area contributed by atoms with Gasteiger partial charge in [0.15, 0.2) is 0 Å². The quantitative estimate of drug-likeness (QED) is 0.862. The third-order valence-corrected chi connectivity index (χ3v) is 6.18. The van der Waals surface area contributed by atoms with Crippen molar-refractivity contribution in [2.45, 2.75) is 24.4 Å². The smallest absolute Gasteiger partial charge is 0.278 e. The number of nitrogens with zero attached hydrogens (tertiary/aromatic N) is 4. The lowest BCUT2D eigenvalue weighted by Crippen LogP contribution is -2.42. The van der Waals surface area contributed by atoms with Crippen molar-refractivity contribution in [1.29, 1.82) is 0 Å². The maximum atomic E-state index is 12.7. The molecule has 0 amide bonds. The van der Waals surface area contributed by atoms with E-state index in [1.165, 1.54) is 20.8 Å². The zero-order chi connectivity index (χ0) is 15.7. The van der Waals surface area contributed by atoms with E-state index in [1.807, 2.05) is 18.2 Å². The van der Waals surface area contributed by atoms with Gasteiger partial charge in [-0.1, -0.05) is 37.3 Å². The number of aryl methyl sites for hydroxylation is 1. The zero-order valence-corrected chi connectivity index (χ0v) is 13.6. The normalized spacial score (nSPS) is 23.5. The SMILES string of the molecule is CC1CN(S(=O)(=O)c2nncn2C)CCC1c1ccccc1. The lowest BCUT2D eigenvalue weighted by atomic mass is 9.82. The predicted octanol–water partition coefficient (Wildman–Crippen LogP) is 1.63. The number of aromatic nitrogens is 3. The molecule has 1 aliphatic rings. The maximum absolute atomic E-state index is 12.7. The summed E-state index contributed by atoms with van der Waals surface area (Å²) in [5.74, 6) is 0.659. The van der Waals surface area contributed by atoms with E-state index in [1.54, 1.807) is 7.05 Å². The van der Waals surface area contributed by atoms with E-state index in [2.05, 4.69) is 29.3 Å². The molecule has 0 radical (unpaired) electrons. The average Bonchev–Trinajstić information content (AvgIpc) is 2.95. The fourth-order valence-corrected chi connectivity index (χ4v) is 4.71. The van der Waals surface area contributed by atoms with Crippen LogP contribution in [-0.2, 0) is 17.1 Å². The van der Waals surface area contributed by atoms with Crippen molar-refractivity contribution < 1.29 is 8.42 Å². The third-order valence-electron chi connectivity index (χ3n) is 4.34. The first-order valence-corrected chi connectivity index (χ1v) is 8.83. The van der Waals surface area contributed by atoms with Gasteiger partial charge in [0, 0.05) is 20.1 Å². The molecule has 1 saturated heterocycles. The zero-order valence-electron chi connectivity index (χ0n) is 12.8. The van der Waals surface area contributed by atoms with Crippen molar-refractivity contribution >= 4 is 10.0 Å². The standard InChI is InChI=1S/C15H20N4O2S/c1-12-10-19(22(20,21)15-17-16-11-18(15)2)9-8-14(12)13-6-4-3-5-7-13/h3-7,11-12,14H,8-10H2,1-2H3. The van der Waals surface area contributed by atoms with Crippen molar-refractivity contribution in [3.05, 3.63) is 42.2 Å². The number of rotatable bonds is 3. The Labute approximate surface area is 130 Å². The van der Waals surface area contributed by atoms with Crippen LogP contribution in [0.25, 0.3) is 0 Å². The molecule has 22 heavy (non-hydrogen) atoms. The van der Waals surface area contributed by atoms with Gasteiger partial charge in [0.25, 0.3) is 15.2 Å². The van der Waals surface area contributed by atoms with Crippen LogP contribution in [0.1, 0.15) is 24.8 Å². The van der Waals surface area contributed by atoms with E-state index in [-0.39, 0.29) is 11.1 Å². The molecule has 1 fully saturated rings. The van der Waals surface area contributed by atoms with Gasteiger partial charge < -0.3 is 4.57 Å². The Balaban J connectivity index is 1.80. The number of sulfonamides is 1. The van der Waals surface area contributed by atoms with Crippen LogP contribution in [0.2, 0.25) is 0 Å². The van der Waals surface area contributed by atoms with Crippen LogP contribution in [0.3, 0.4) is 0 Å². The van der Waals surface area contributed by atoms with E-state index in [0.717, 1.165) is 6.42 Å². The number of hydrogen-bond acceptors (Lipinski definition) is 4. The second-order valence-corrected chi connectivity index (χ2v) is 7.70. The van der Waals surface area contributed by atoms with Crippen LogP contribution < -0.4 is 0 Å². The molecule has 0 aliphatic carbocycles. The molecule has 0 N–H and O–H groups in total. The van der Waals surface area contributed by atoms with Gasteiger partial charge in [0.05, 0.1) is 0 Å². The fourth-order valence-electron chi connectivity index (χ4n) is 3.14. The van der Waals surface area contributed by atoms with E-state index in [0.29, 0.717) is 19.0 Å². The molecule has 0 bridgehead atoms. The molecule has 2 unspecified atom stereocenters. The second kappa shape index (κ2) is 5.81. The van der Waals surface area contributed by atoms with E-state index < -0.39 is 10.0 Å². The Morgan fingerprint density at radius 1 is 1.23 bits per heavy atom. The number of piperidine rings is 1.